The number of methoxy groups -OCH3 is 2. The highest BCUT2D eigenvalue weighted by molar-refractivity contribution is 7.98. The molecule has 0 aliphatic carbocycles. The molecule has 2 aromatic carbocycles. The van der Waals surface area contributed by atoms with Gasteiger partial charge in [0, 0.05) is 18.5 Å². The predicted octanol–water partition coefficient (Wildman–Crippen LogP) is 3.39. The zero-order valence-electron chi connectivity index (χ0n) is 15.9. The van der Waals surface area contributed by atoms with Crippen molar-refractivity contribution in [1.82, 2.24) is 4.90 Å². The lowest BCUT2D eigenvalue weighted by Crippen LogP contribution is -2.35. The second kappa shape index (κ2) is 8.96. The molecule has 2 rings (SSSR count). The van der Waals surface area contributed by atoms with Gasteiger partial charge < -0.3 is 20.1 Å². The minimum absolute atomic E-state index is 0.129. The Morgan fingerprint density at radius 3 is 2.27 bits per heavy atom. The molecule has 1 atom stereocenters. The number of rotatable bonds is 7. The van der Waals surface area contributed by atoms with E-state index in [2.05, 4.69) is 0 Å². The Morgan fingerprint density at radius 1 is 1.15 bits per heavy atom. The quantitative estimate of drug-likeness (QED) is 0.753. The Hall–Kier alpha value is -2.18. The average Bonchev–Trinajstić information content (AvgIpc) is 2.66. The second-order valence-electron chi connectivity index (χ2n) is 6.10. The maximum Gasteiger partial charge on any atom is 0.244 e. The standard InChI is InChI=1S/C20H26N2O3S/c1-13-6-8-14(9-7-13)19(21)20(23)22(2)12-15-10-16(24-3)17(25-4)11-18(15)26-5/h6-11,19H,12,21H2,1-5H3. The molecule has 26 heavy (non-hydrogen) atoms. The molecule has 1 unspecified atom stereocenters. The largest absolute Gasteiger partial charge is 0.493 e. The summed E-state index contributed by atoms with van der Waals surface area (Å²) in [5.41, 5.74) is 9.11. The Balaban J connectivity index is 2.21. The molecule has 0 aromatic heterocycles. The average molecular weight is 375 g/mol. The molecule has 140 valence electrons. The summed E-state index contributed by atoms with van der Waals surface area (Å²) in [5, 5.41) is 0. The van der Waals surface area contributed by atoms with Gasteiger partial charge in [-0.15, -0.1) is 11.8 Å². The van der Waals surface area contributed by atoms with Gasteiger partial charge in [0.25, 0.3) is 0 Å². The monoisotopic (exact) mass is 374 g/mol. The summed E-state index contributed by atoms with van der Waals surface area (Å²) < 4.78 is 10.7. The van der Waals surface area contributed by atoms with E-state index in [1.54, 1.807) is 37.9 Å². The number of nitrogens with two attached hydrogens (primary N) is 1. The van der Waals surface area contributed by atoms with Crippen LogP contribution >= 0.6 is 11.8 Å². The molecule has 0 aliphatic heterocycles. The third-order valence-electron chi connectivity index (χ3n) is 4.27. The highest BCUT2D eigenvalue weighted by Gasteiger charge is 2.21. The van der Waals surface area contributed by atoms with Gasteiger partial charge in [-0.05, 0) is 36.4 Å². The fourth-order valence-corrected chi connectivity index (χ4v) is 3.31. The fraction of sp³-hybridized carbons (Fsp3) is 0.350. The van der Waals surface area contributed by atoms with Gasteiger partial charge in [0.05, 0.1) is 14.2 Å². The van der Waals surface area contributed by atoms with Gasteiger partial charge in [-0.1, -0.05) is 29.8 Å². The SMILES string of the molecule is COc1cc(CN(C)C(=O)C(N)c2ccc(C)cc2)c(SC)cc1OC. The number of hydrogen-bond donors (Lipinski definition) is 1. The van der Waals surface area contributed by atoms with Crippen LogP contribution in [-0.4, -0.2) is 38.3 Å². The van der Waals surface area contributed by atoms with E-state index >= 15 is 0 Å². The molecular weight excluding hydrogens is 348 g/mol. The van der Waals surface area contributed by atoms with Crippen LogP contribution in [0.1, 0.15) is 22.7 Å². The molecule has 0 spiro atoms. The molecule has 2 N–H and O–H groups in total. The molecule has 0 saturated carbocycles. The van der Waals surface area contributed by atoms with E-state index in [1.807, 2.05) is 49.6 Å². The van der Waals surface area contributed by atoms with Crippen molar-refractivity contribution in [2.75, 3.05) is 27.5 Å². The lowest BCUT2D eigenvalue weighted by molar-refractivity contribution is -0.132. The first-order valence-electron chi connectivity index (χ1n) is 8.27. The molecule has 0 radical (unpaired) electrons. The number of thioether (sulfide) groups is 1. The van der Waals surface area contributed by atoms with Crippen molar-refractivity contribution < 1.29 is 14.3 Å². The van der Waals surface area contributed by atoms with Crippen molar-refractivity contribution in [2.24, 2.45) is 5.73 Å². The number of benzene rings is 2. The third kappa shape index (κ3) is 4.51. The van der Waals surface area contributed by atoms with Crippen molar-refractivity contribution in [3.63, 3.8) is 0 Å². The molecule has 5 nitrogen and oxygen atoms in total. The van der Waals surface area contributed by atoms with Crippen LogP contribution in [0.25, 0.3) is 0 Å². The number of likely N-dealkylation sites (N-methyl/N-ethyl adjacent to an activating group) is 1. The van der Waals surface area contributed by atoms with Crippen molar-refractivity contribution >= 4 is 17.7 Å². The number of aryl methyl sites for hydroxylation is 1. The molecule has 0 bridgehead atoms. The van der Waals surface area contributed by atoms with Crippen LogP contribution in [0.4, 0.5) is 0 Å². The van der Waals surface area contributed by atoms with E-state index in [0.29, 0.717) is 18.0 Å². The summed E-state index contributed by atoms with van der Waals surface area (Å²) in [4.78, 5) is 15.4. The van der Waals surface area contributed by atoms with Crippen molar-refractivity contribution in [3.05, 3.63) is 53.1 Å². The molecule has 0 aliphatic rings. The van der Waals surface area contributed by atoms with Gasteiger partial charge in [0.15, 0.2) is 11.5 Å². The summed E-state index contributed by atoms with van der Waals surface area (Å²) in [6, 6.07) is 10.9. The van der Waals surface area contributed by atoms with Crippen LogP contribution in [0, 0.1) is 6.92 Å². The fourth-order valence-electron chi connectivity index (χ4n) is 2.70. The van der Waals surface area contributed by atoms with Gasteiger partial charge >= 0.3 is 0 Å². The van der Waals surface area contributed by atoms with E-state index in [-0.39, 0.29) is 5.91 Å². The molecule has 0 saturated heterocycles. The Labute approximate surface area is 159 Å². The Bertz CT molecular complexity index is 762. The molecule has 0 fully saturated rings. The minimum atomic E-state index is -0.682. The summed E-state index contributed by atoms with van der Waals surface area (Å²) in [6.45, 7) is 2.44. The van der Waals surface area contributed by atoms with Gasteiger partial charge in [0.1, 0.15) is 6.04 Å². The molecule has 0 heterocycles. The topological polar surface area (TPSA) is 64.8 Å². The van der Waals surface area contributed by atoms with Crippen LogP contribution < -0.4 is 15.2 Å². The molecular formula is C20H26N2O3S. The zero-order chi connectivity index (χ0) is 19.3. The smallest absolute Gasteiger partial charge is 0.244 e. The lowest BCUT2D eigenvalue weighted by Gasteiger charge is -2.23. The summed E-state index contributed by atoms with van der Waals surface area (Å²) in [7, 11) is 4.97. The van der Waals surface area contributed by atoms with Crippen LogP contribution in [0.15, 0.2) is 41.3 Å². The number of ether oxygens (including phenoxy) is 2. The van der Waals surface area contributed by atoms with Gasteiger partial charge in [-0.25, -0.2) is 0 Å². The first-order chi connectivity index (χ1) is 12.4. The summed E-state index contributed by atoms with van der Waals surface area (Å²) in [5.74, 6) is 1.19. The predicted molar refractivity (Wildman–Crippen MR) is 106 cm³/mol. The van der Waals surface area contributed by atoms with E-state index in [1.165, 1.54) is 0 Å². The van der Waals surface area contributed by atoms with Crippen LogP contribution in [0.5, 0.6) is 11.5 Å². The number of hydrogen-bond acceptors (Lipinski definition) is 5. The van der Waals surface area contributed by atoms with Crippen molar-refractivity contribution in [1.29, 1.82) is 0 Å². The number of carbonyl (C=O) groups excluding carboxylic acids is 1. The van der Waals surface area contributed by atoms with Crippen LogP contribution in [0.2, 0.25) is 0 Å². The molecule has 2 aromatic rings. The third-order valence-corrected chi connectivity index (χ3v) is 5.09. The first kappa shape index (κ1) is 20.1. The molecule has 1 amide bonds. The van der Waals surface area contributed by atoms with Gasteiger partial charge in [-0.3, -0.25) is 4.79 Å². The van der Waals surface area contributed by atoms with E-state index in [0.717, 1.165) is 21.6 Å². The van der Waals surface area contributed by atoms with Crippen molar-refractivity contribution in [3.8, 4) is 11.5 Å². The summed E-state index contributed by atoms with van der Waals surface area (Å²) >= 11 is 1.60. The zero-order valence-corrected chi connectivity index (χ0v) is 16.7. The van der Waals surface area contributed by atoms with E-state index < -0.39 is 6.04 Å². The van der Waals surface area contributed by atoms with E-state index in [4.69, 9.17) is 15.2 Å². The first-order valence-corrected chi connectivity index (χ1v) is 9.49. The second-order valence-corrected chi connectivity index (χ2v) is 6.95. The van der Waals surface area contributed by atoms with E-state index in [9.17, 15) is 4.79 Å². The number of carbonyl (C=O) groups is 1. The maximum atomic E-state index is 12.7. The van der Waals surface area contributed by atoms with Crippen LogP contribution in [0.3, 0.4) is 0 Å². The van der Waals surface area contributed by atoms with Gasteiger partial charge in [0.2, 0.25) is 5.91 Å². The van der Waals surface area contributed by atoms with Crippen molar-refractivity contribution in [2.45, 2.75) is 24.4 Å². The van der Waals surface area contributed by atoms with Crippen LogP contribution in [-0.2, 0) is 11.3 Å². The highest BCUT2D eigenvalue weighted by atomic mass is 32.2. The minimum Gasteiger partial charge on any atom is -0.493 e. The lowest BCUT2D eigenvalue weighted by atomic mass is 10.0. The Kier molecular flexibility index (Phi) is 6.94. The van der Waals surface area contributed by atoms with Gasteiger partial charge in [-0.2, -0.15) is 0 Å². The number of nitrogens with zero attached hydrogens (tertiary/aromatic N) is 1. The maximum absolute atomic E-state index is 12.7. The summed E-state index contributed by atoms with van der Waals surface area (Å²) in [6.07, 6.45) is 1.99. The normalized spacial score (nSPS) is 11.8. The molecule has 6 heteroatoms. The highest BCUT2D eigenvalue weighted by Crippen LogP contribution is 2.35. The Morgan fingerprint density at radius 2 is 1.73 bits per heavy atom. The number of amides is 1.